The van der Waals surface area contributed by atoms with Crippen molar-refractivity contribution in [2.24, 2.45) is 0 Å². The molecule has 0 heterocycles. The molecule has 0 radical (unpaired) electrons. The number of nitrogens with zero attached hydrogens (tertiary/aromatic N) is 1. The molecule has 0 aliphatic rings. The molecule has 0 atom stereocenters. The Bertz CT molecular complexity index is 356. The first-order valence-electron chi connectivity index (χ1n) is 7.84. The third kappa shape index (κ3) is 7.46. The Morgan fingerprint density at radius 3 is 2.50 bits per heavy atom. The maximum absolute atomic E-state index is 3.76. The SMILES string of the molecule is C=CCCCN(C)Cc1ccc(CCNCCC)cc1. The van der Waals surface area contributed by atoms with Crippen molar-refractivity contribution in [3.05, 3.63) is 48.0 Å². The van der Waals surface area contributed by atoms with Crippen molar-refractivity contribution in [1.29, 1.82) is 0 Å². The molecule has 0 fully saturated rings. The third-order valence-electron chi connectivity index (χ3n) is 3.44. The molecular weight excluding hydrogens is 244 g/mol. The molecule has 112 valence electrons. The molecule has 1 aromatic rings. The summed E-state index contributed by atoms with van der Waals surface area (Å²) in [6.07, 6.45) is 6.62. The quantitative estimate of drug-likeness (QED) is 0.490. The fraction of sp³-hybridized carbons (Fsp3) is 0.556. The minimum absolute atomic E-state index is 1.03. The number of nitrogens with one attached hydrogen (secondary N) is 1. The largest absolute Gasteiger partial charge is 0.316 e. The first-order chi connectivity index (χ1) is 9.76. The molecule has 0 bridgehead atoms. The second kappa shape index (κ2) is 10.6. The second-order valence-electron chi connectivity index (χ2n) is 5.49. The van der Waals surface area contributed by atoms with Crippen LogP contribution in [0.5, 0.6) is 0 Å². The third-order valence-corrected chi connectivity index (χ3v) is 3.44. The standard InChI is InChI=1S/C18H30N2/c1-4-6-7-15-20(3)16-18-10-8-17(9-11-18)12-14-19-13-5-2/h4,8-11,19H,1,5-7,12-16H2,2-3H3. The molecule has 0 saturated heterocycles. The molecule has 0 aromatic heterocycles. The van der Waals surface area contributed by atoms with Gasteiger partial charge in [-0.1, -0.05) is 37.3 Å². The van der Waals surface area contributed by atoms with E-state index in [0.29, 0.717) is 0 Å². The van der Waals surface area contributed by atoms with E-state index in [1.54, 1.807) is 0 Å². The first-order valence-corrected chi connectivity index (χ1v) is 7.84. The maximum atomic E-state index is 3.76. The van der Waals surface area contributed by atoms with E-state index in [-0.39, 0.29) is 0 Å². The summed E-state index contributed by atoms with van der Waals surface area (Å²) in [5, 5.41) is 3.44. The molecular formula is C18H30N2. The van der Waals surface area contributed by atoms with Crippen LogP contribution in [0.1, 0.15) is 37.3 Å². The van der Waals surface area contributed by atoms with Crippen LogP contribution in [0.2, 0.25) is 0 Å². The number of rotatable bonds is 11. The maximum Gasteiger partial charge on any atom is 0.0230 e. The summed E-state index contributed by atoms with van der Waals surface area (Å²) < 4.78 is 0. The summed E-state index contributed by atoms with van der Waals surface area (Å²) in [7, 11) is 2.19. The zero-order chi connectivity index (χ0) is 14.6. The van der Waals surface area contributed by atoms with E-state index in [4.69, 9.17) is 0 Å². The van der Waals surface area contributed by atoms with Crippen molar-refractivity contribution in [3.63, 3.8) is 0 Å². The zero-order valence-corrected chi connectivity index (χ0v) is 13.2. The Kier molecular flexibility index (Phi) is 9.01. The monoisotopic (exact) mass is 274 g/mol. The summed E-state index contributed by atoms with van der Waals surface area (Å²) >= 11 is 0. The Hall–Kier alpha value is -1.12. The van der Waals surface area contributed by atoms with E-state index < -0.39 is 0 Å². The molecule has 0 unspecified atom stereocenters. The second-order valence-corrected chi connectivity index (χ2v) is 5.49. The van der Waals surface area contributed by atoms with Crippen LogP contribution in [0.3, 0.4) is 0 Å². The summed E-state index contributed by atoms with van der Waals surface area (Å²) in [4.78, 5) is 2.38. The lowest BCUT2D eigenvalue weighted by atomic mass is 10.1. The van der Waals surface area contributed by atoms with Gasteiger partial charge in [-0.05, 0) is 63.5 Å². The summed E-state index contributed by atoms with van der Waals surface area (Å²) in [6.45, 7) is 10.3. The van der Waals surface area contributed by atoms with E-state index >= 15 is 0 Å². The Labute approximate surface area is 124 Å². The highest BCUT2D eigenvalue weighted by molar-refractivity contribution is 5.22. The average Bonchev–Trinajstić information content (AvgIpc) is 2.46. The van der Waals surface area contributed by atoms with E-state index in [2.05, 4.69) is 55.0 Å². The van der Waals surface area contributed by atoms with Gasteiger partial charge in [0, 0.05) is 6.54 Å². The topological polar surface area (TPSA) is 15.3 Å². The molecule has 0 spiro atoms. The van der Waals surface area contributed by atoms with Gasteiger partial charge in [-0.2, -0.15) is 0 Å². The molecule has 20 heavy (non-hydrogen) atoms. The molecule has 2 heteroatoms. The highest BCUT2D eigenvalue weighted by Gasteiger charge is 2.00. The molecule has 1 aromatic carbocycles. The molecule has 0 aliphatic heterocycles. The zero-order valence-electron chi connectivity index (χ0n) is 13.2. The molecule has 2 nitrogen and oxygen atoms in total. The first kappa shape index (κ1) is 16.9. The van der Waals surface area contributed by atoms with Crippen molar-refractivity contribution >= 4 is 0 Å². The Morgan fingerprint density at radius 1 is 1.15 bits per heavy atom. The summed E-state index contributed by atoms with van der Waals surface area (Å²) in [5.41, 5.74) is 2.82. The van der Waals surface area contributed by atoms with E-state index in [9.17, 15) is 0 Å². The highest BCUT2D eigenvalue weighted by atomic mass is 15.1. The van der Waals surface area contributed by atoms with Gasteiger partial charge < -0.3 is 10.2 Å². The van der Waals surface area contributed by atoms with Crippen molar-refractivity contribution < 1.29 is 0 Å². The van der Waals surface area contributed by atoms with Gasteiger partial charge in [-0.25, -0.2) is 0 Å². The minimum atomic E-state index is 1.03. The van der Waals surface area contributed by atoms with E-state index in [1.165, 1.54) is 24.0 Å². The van der Waals surface area contributed by atoms with E-state index in [0.717, 1.165) is 39.0 Å². The normalized spacial score (nSPS) is 10.9. The summed E-state index contributed by atoms with van der Waals surface area (Å²) in [6, 6.07) is 9.05. The van der Waals surface area contributed by atoms with Gasteiger partial charge in [0.15, 0.2) is 0 Å². The van der Waals surface area contributed by atoms with Crippen LogP contribution in [0.15, 0.2) is 36.9 Å². The van der Waals surface area contributed by atoms with Crippen molar-refractivity contribution in [2.75, 3.05) is 26.7 Å². The number of hydrogen-bond donors (Lipinski definition) is 1. The van der Waals surface area contributed by atoms with Gasteiger partial charge in [-0.15, -0.1) is 6.58 Å². The number of unbranched alkanes of at least 4 members (excludes halogenated alkanes) is 1. The van der Waals surface area contributed by atoms with E-state index in [1.807, 2.05) is 6.08 Å². The molecule has 0 saturated carbocycles. The van der Waals surface area contributed by atoms with Crippen LogP contribution >= 0.6 is 0 Å². The Morgan fingerprint density at radius 2 is 1.85 bits per heavy atom. The summed E-state index contributed by atoms with van der Waals surface area (Å²) in [5.74, 6) is 0. The van der Waals surface area contributed by atoms with Crippen LogP contribution in [0.4, 0.5) is 0 Å². The van der Waals surface area contributed by atoms with Gasteiger partial charge in [0.05, 0.1) is 0 Å². The minimum Gasteiger partial charge on any atom is -0.316 e. The fourth-order valence-corrected chi connectivity index (χ4v) is 2.24. The van der Waals surface area contributed by atoms with Crippen LogP contribution in [-0.2, 0) is 13.0 Å². The van der Waals surface area contributed by atoms with Gasteiger partial charge >= 0.3 is 0 Å². The van der Waals surface area contributed by atoms with Gasteiger partial charge in [-0.3, -0.25) is 0 Å². The van der Waals surface area contributed by atoms with Crippen LogP contribution < -0.4 is 5.32 Å². The predicted octanol–water partition coefficient (Wildman–Crippen LogP) is 3.63. The molecule has 1 N–H and O–H groups in total. The predicted molar refractivity (Wildman–Crippen MR) is 89.1 cm³/mol. The molecule has 1 rings (SSSR count). The smallest absolute Gasteiger partial charge is 0.0230 e. The van der Waals surface area contributed by atoms with Gasteiger partial charge in [0.25, 0.3) is 0 Å². The van der Waals surface area contributed by atoms with Crippen LogP contribution in [-0.4, -0.2) is 31.6 Å². The lowest BCUT2D eigenvalue weighted by Crippen LogP contribution is -2.19. The van der Waals surface area contributed by atoms with Gasteiger partial charge in [0.1, 0.15) is 0 Å². The average molecular weight is 274 g/mol. The Balaban J connectivity index is 2.28. The van der Waals surface area contributed by atoms with Gasteiger partial charge in [0.2, 0.25) is 0 Å². The van der Waals surface area contributed by atoms with Crippen LogP contribution in [0.25, 0.3) is 0 Å². The van der Waals surface area contributed by atoms with Crippen molar-refractivity contribution in [3.8, 4) is 0 Å². The molecule has 0 aliphatic carbocycles. The number of allylic oxidation sites excluding steroid dienone is 1. The number of benzene rings is 1. The lowest BCUT2D eigenvalue weighted by molar-refractivity contribution is 0.323. The highest BCUT2D eigenvalue weighted by Crippen LogP contribution is 2.08. The van der Waals surface area contributed by atoms with Crippen LogP contribution in [0, 0.1) is 0 Å². The van der Waals surface area contributed by atoms with Crippen molar-refractivity contribution in [2.45, 2.75) is 39.2 Å². The number of hydrogen-bond acceptors (Lipinski definition) is 2. The fourth-order valence-electron chi connectivity index (χ4n) is 2.24. The van der Waals surface area contributed by atoms with Crippen molar-refractivity contribution in [1.82, 2.24) is 10.2 Å². The molecule has 0 amide bonds. The lowest BCUT2D eigenvalue weighted by Gasteiger charge is -2.16.